The largest absolute Gasteiger partial charge is 0.495 e. The van der Waals surface area contributed by atoms with Gasteiger partial charge >= 0.3 is 5.97 Å². The Morgan fingerprint density at radius 3 is 2.62 bits per heavy atom. The summed E-state index contributed by atoms with van der Waals surface area (Å²) < 4.78 is 5.27. The molecule has 0 radical (unpaired) electrons. The van der Waals surface area contributed by atoms with Crippen molar-refractivity contribution < 1.29 is 19.4 Å². The van der Waals surface area contributed by atoms with Gasteiger partial charge in [-0.25, -0.2) is 0 Å². The molecular formula is C15H19NO4S. The van der Waals surface area contributed by atoms with Gasteiger partial charge < -0.3 is 14.7 Å². The first kappa shape index (κ1) is 14.4. The number of carbonyl (C=O) groups is 2. The van der Waals surface area contributed by atoms with Crippen LogP contribution in [0.25, 0.3) is 0 Å². The van der Waals surface area contributed by atoms with Gasteiger partial charge in [0.2, 0.25) is 0 Å². The molecule has 5 nitrogen and oxygen atoms in total. The number of piperidine rings is 1. The smallest absolute Gasteiger partial charge is 0.307 e. The molecule has 1 spiro atoms. The van der Waals surface area contributed by atoms with Crippen LogP contribution in [0.4, 0.5) is 0 Å². The second kappa shape index (κ2) is 5.02. The van der Waals surface area contributed by atoms with E-state index in [0.29, 0.717) is 23.7 Å². The fourth-order valence-corrected chi connectivity index (χ4v) is 4.29. The van der Waals surface area contributed by atoms with Gasteiger partial charge in [-0.05, 0) is 37.7 Å². The second-order valence-corrected chi connectivity index (χ2v) is 7.26. The zero-order valence-electron chi connectivity index (χ0n) is 12.2. The number of hydrogen-bond donors (Lipinski definition) is 1. The Hall–Kier alpha value is -1.56. The van der Waals surface area contributed by atoms with Gasteiger partial charge in [-0.3, -0.25) is 9.59 Å². The molecule has 1 aromatic rings. The van der Waals surface area contributed by atoms with Gasteiger partial charge in [0.25, 0.3) is 5.91 Å². The third kappa shape index (κ3) is 2.41. The molecule has 1 aliphatic carbocycles. The van der Waals surface area contributed by atoms with E-state index in [1.165, 1.54) is 11.3 Å². The highest BCUT2D eigenvalue weighted by Gasteiger charge is 2.59. The minimum atomic E-state index is -0.690. The predicted octanol–water partition coefficient (Wildman–Crippen LogP) is 2.39. The molecule has 114 valence electrons. The molecule has 1 unspecified atom stereocenters. The van der Waals surface area contributed by atoms with Crippen molar-refractivity contribution in [2.75, 3.05) is 20.2 Å². The average molecular weight is 309 g/mol. The molecular weight excluding hydrogens is 290 g/mol. The van der Waals surface area contributed by atoms with Crippen molar-refractivity contribution in [2.45, 2.75) is 26.2 Å². The van der Waals surface area contributed by atoms with E-state index >= 15 is 0 Å². The summed E-state index contributed by atoms with van der Waals surface area (Å²) in [6.45, 7) is 3.24. The Bertz CT molecular complexity index is 586. The summed E-state index contributed by atoms with van der Waals surface area (Å²) in [4.78, 5) is 27.2. The summed E-state index contributed by atoms with van der Waals surface area (Å²) in [7, 11) is 1.57. The molecule has 1 saturated heterocycles. The quantitative estimate of drug-likeness (QED) is 0.931. The maximum Gasteiger partial charge on any atom is 0.307 e. The van der Waals surface area contributed by atoms with Crippen molar-refractivity contribution in [3.05, 3.63) is 15.8 Å². The molecule has 6 heteroatoms. The fourth-order valence-electron chi connectivity index (χ4n) is 3.34. The van der Waals surface area contributed by atoms with Gasteiger partial charge in [0.15, 0.2) is 0 Å². The van der Waals surface area contributed by atoms with E-state index in [9.17, 15) is 9.59 Å². The fraction of sp³-hybridized carbons (Fsp3) is 0.600. The number of carbonyl (C=O) groups excluding carboxylic acids is 1. The molecule has 1 aliphatic heterocycles. The number of aliphatic carboxylic acids is 1. The lowest BCUT2D eigenvalue weighted by Gasteiger charge is -2.32. The molecule has 2 aliphatic rings. The Morgan fingerprint density at radius 1 is 1.43 bits per heavy atom. The van der Waals surface area contributed by atoms with E-state index in [0.717, 1.165) is 24.1 Å². The van der Waals surface area contributed by atoms with Crippen molar-refractivity contribution in [1.82, 2.24) is 4.90 Å². The zero-order chi connectivity index (χ0) is 15.2. The van der Waals surface area contributed by atoms with Crippen LogP contribution in [0.5, 0.6) is 5.75 Å². The number of carboxylic acid groups (broad SMARTS) is 1. The minimum Gasteiger partial charge on any atom is -0.495 e. The topological polar surface area (TPSA) is 66.8 Å². The summed E-state index contributed by atoms with van der Waals surface area (Å²) in [6.07, 6.45) is 2.36. The molecule has 21 heavy (non-hydrogen) atoms. The Labute approximate surface area is 127 Å². The highest BCUT2D eigenvalue weighted by atomic mass is 32.1. The predicted molar refractivity (Wildman–Crippen MR) is 78.9 cm³/mol. The lowest BCUT2D eigenvalue weighted by Crippen LogP contribution is -2.39. The number of ether oxygens (including phenoxy) is 1. The van der Waals surface area contributed by atoms with Crippen LogP contribution >= 0.6 is 11.3 Å². The molecule has 1 N–H and O–H groups in total. The van der Waals surface area contributed by atoms with Gasteiger partial charge in [-0.1, -0.05) is 0 Å². The van der Waals surface area contributed by atoms with Crippen LogP contribution in [0.15, 0.2) is 6.07 Å². The van der Waals surface area contributed by atoms with Crippen LogP contribution in [-0.4, -0.2) is 42.1 Å². The first-order valence-electron chi connectivity index (χ1n) is 7.13. The minimum absolute atomic E-state index is 0.00678. The SMILES string of the molecule is COc1cc(C)sc1C(=O)N1CCC2(CC1)CC2C(=O)O. The maximum atomic E-state index is 12.6. The lowest BCUT2D eigenvalue weighted by atomic mass is 9.91. The first-order chi connectivity index (χ1) is 9.97. The van der Waals surface area contributed by atoms with E-state index < -0.39 is 5.97 Å². The molecule has 1 saturated carbocycles. The number of thiophene rings is 1. The Morgan fingerprint density at radius 2 is 2.10 bits per heavy atom. The van der Waals surface area contributed by atoms with Gasteiger partial charge in [0.1, 0.15) is 10.6 Å². The number of amides is 1. The third-order valence-corrected chi connectivity index (χ3v) is 5.79. The molecule has 2 heterocycles. The number of aryl methyl sites for hydroxylation is 1. The van der Waals surface area contributed by atoms with Crippen molar-refractivity contribution in [3.8, 4) is 5.75 Å². The zero-order valence-corrected chi connectivity index (χ0v) is 13.0. The van der Waals surface area contributed by atoms with Crippen LogP contribution in [0.2, 0.25) is 0 Å². The van der Waals surface area contributed by atoms with Gasteiger partial charge in [0, 0.05) is 18.0 Å². The van der Waals surface area contributed by atoms with E-state index in [2.05, 4.69) is 0 Å². The average Bonchev–Trinajstić information content (AvgIpc) is 3.03. The van der Waals surface area contributed by atoms with Crippen LogP contribution in [-0.2, 0) is 4.79 Å². The van der Waals surface area contributed by atoms with E-state index in [4.69, 9.17) is 9.84 Å². The van der Waals surface area contributed by atoms with Crippen LogP contribution in [0.3, 0.4) is 0 Å². The van der Waals surface area contributed by atoms with Crippen molar-refractivity contribution in [1.29, 1.82) is 0 Å². The number of carboxylic acids is 1. The molecule has 1 atom stereocenters. The molecule has 3 rings (SSSR count). The van der Waals surface area contributed by atoms with Gasteiger partial charge in [0.05, 0.1) is 13.0 Å². The Balaban J connectivity index is 1.67. The number of methoxy groups -OCH3 is 1. The summed E-state index contributed by atoms with van der Waals surface area (Å²) in [5.41, 5.74) is -0.0436. The number of hydrogen-bond acceptors (Lipinski definition) is 4. The lowest BCUT2D eigenvalue weighted by molar-refractivity contribution is -0.139. The third-order valence-electron chi connectivity index (χ3n) is 4.77. The Kier molecular flexibility index (Phi) is 3.43. The van der Waals surface area contributed by atoms with E-state index in [1.807, 2.05) is 17.9 Å². The molecule has 1 aromatic heterocycles. The summed E-state index contributed by atoms with van der Waals surface area (Å²) in [5, 5.41) is 9.10. The van der Waals surface area contributed by atoms with Gasteiger partial charge in [-0.15, -0.1) is 11.3 Å². The molecule has 0 aromatic carbocycles. The number of rotatable bonds is 3. The van der Waals surface area contributed by atoms with Crippen molar-refractivity contribution >= 4 is 23.2 Å². The van der Waals surface area contributed by atoms with Crippen LogP contribution in [0, 0.1) is 18.3 Å². The number of likely N-dealkylation sites (tertiary alicyclic amines) is 1. The normalized spacial score (nSPS) is 23.1. The summed E-state index contributed by atoms with van der Waals surface area (Å²) in [6, 6.07) is 1.88. The summed E-state index contributed by atoms with van der Waals surface area (Å²) in [5.74, 6) is -0.247. The van der Waals surface area contributed by atoms with Crippen molar-refractivity contribution in [3.63, 3.8) is 0 Å². The highest BCUT2D eigenvalue weighted by molar-refractivity contribution is 7.14. The van der Waals surface area contributed by atoms with E-state index in [-0.39, 0.29) is 17.2 Å². The van der Waals surface area contributed by atoms with Gasteiger partial charge in [-0.2, -0.15) is 0 Å². The van der Waals surface area contributed by atoms with E-state index in [1.54, 1.807) is 7.11 Å². The highest BCUT2D eigenvalue weighted by Crippen LogP contribution is 2.59. The number of nitrogens with zero attached hydrogens (tertiary/aromatic N) is 1. The summed E-state index contributed by atoms with van der Waals surface area (Å²) >= 11 is 1.45. The molecule has 1 amide bonds. The standard InChI is InChI=1S/C15H19NO4S/c1-9-7-11(20-2)12(21-9)13(17)16-5-3-15(4-6-16)8-10(15)14(18)19/h7,10H,3-6,8H2,1-2H3,(H,18,19). The van der Waals surface area contributed by atoms with Crippen LogP contribution < -0.4 is 4.74 Å². The molecule has 0 bridgehead atoms. The van der Waals surface area contributed by atoms with Crippen LogP contribution in [0.1, 0.15) is 33.8 Å². The monoisotopic (exact) mass is 309 g/mol. The van der Waals surface area contributed by atoms with Crippen molar-refractivity contribution in [2.24, 2.45) is 11.3 Å². The maximum absolute atomic E-state index is 12.6. The first-order valence-corrected chi connectivity index (χ1v) is 7.95. The molecule has 2 fully saturated rings. The second-order valence-electron chi connectivity index (χ2n) is 6.00.